The van der Waals surface area contributed by atoms with E-state index in [2.05, 4.69) is 4.98 Å². The number of rotatable bonds is 3. The molecule has 17 heavy (non-hydrogen) atoms. The van der Waals surface area contributed by atoms with Gasteiger partial charge in [0.2, 0.25) is 0 Å². The van der Waals surface area contributed by atoms with Gasteiger partial charge in [0.25, 0.3) is 0 Å². The fraction of sp³-hybridized carbons (Fsp3) is 0.300. The Kier molecular flexibility index (Phi) is 3.50. The van der Waals surface area contributed by atoms with Gasteiger partial charge in [0, 0.05) is 28.4 Å². The molecule has 0 amide bonds. The van der Waals surface area contributed by atoms with Crippen LogP contribution >= 0.6 is 22.7 Å². The first kappa shape index (κ1) is 12.5. The lowest BCUT2D eigenvalue weighted by Gasteiger charge is -2.06. The zero-order chi connectivity index (χ0) is 12.5. The fourth-order valence-corrected chi connectivity index (χ4v) is 2.88. The van der Waals surface area contributed by atoms with Crippen LogP contribution in [-0.2, 0) is 12.6 Å². The van der Waals surface area contributed by atoms with Crippen LogP contribution in [0.4, 0.5) is 13.2 Å². The predicted molar refractivity (Wildman–Crippen MR) is 62.1 cm³/mol. The number of thiazole rings is 1. The molecule has 0 aliphatic rings. The van der Waals surface area contributed by atoms with Crippen LogP contribution in [0.15, 0.2) is 23.7 Å². The first-order chi connectivity index (χ1) is 7.97. The smallest absolute Gasteiger partial charge is 0.323 e. The highest BCUT2D eigenvalue weighted by Gasteiger charge is 2.35. The molecule has 2 N–H and O–H groups in total. The van der Waals surface area contributed by atoms with Gasteiger partial charge in [-0.15, -0.1) is 22.7 Å². The summed E-state index contributed by atoms with van der Waals surface area (Å²) in [5.41, 5.74) is 5.85. The van der Waals surface area contributed by atoms with Gasteiger partial charge in [-0.3, -0.25) is 0 Å². The second kappa shape index (κ2) is 4.75. The van der Waals surface area contributed by atoms with Crippen molar-refractivity contribution in [2.45, 2.75) is 18.6 Å². The molecule has 0 aliphatic heterocycles. The summed E-state index contributed by atoms with van der Waals surface area (Å²) in [6.45, 7) is 0. The molecule has 2 nitrogen and oxygen atoms in total. The van der Waals surface area contributed by atoms with Crippen LogP contribution in [0.3, 0.4) is 0 Å². The van der Waals surface area contributed by atoms with E-state index in [4.69, 9.17) is 5.73 Å². The van der Waals surface area contributed by atoms with E-state index in [1.807, 2.05) is 17.5 Å². The minimum Gasteiger partial charge on any atom is -0.323 e. The molecule has 7 heteroatoms. The summed E-state index contributed by atoms with van der Waals surface area (Å²) in [4.78, 5) is 4.87. The molecule has 1 unspecified atom stereocenters. The van der Waals surface area contributed by atoms with Crippen LogP contribution in [-0.4, -0.2) is 4.98 Å². The van der Waals surface area contributed by atoms with Gasteiger partial charge in [-0.1, -0.05) is 6.07 Å². The number of halogens is 3. The third kappa shape index (κ3) is 3.05. The van der Waals surface area contributed by atoms with Crippen LogP contribution in [0.2, 0.25) is 0 Å². The molecule has 2 aromatic rings. The lowest BCUT2D eigenvalue weighted by atomic mass is 10.2. The van der Waals surface area contributed by atoms with Gasteiger partial charge >= 0.3 is 6.18 Å². The highest BCUT2D eigenvalue weighted by atomic mass is 32.1. The van der Waals surface area contributed by atoms with E-state index in [0.29, 0.717) is 22.6 Å². The average molecular weight is 278 g/mol. The van der Waals surface area contributed by atoms with E-state index in [1.54, 1.807) is 11.3 Å². The number of alkyl halides is 3. The molecule has 0 radical (unpaired) electrons. The summed E-state index contributed by atoms with van der Waals surface area (Å²) in [6, 6.07) is 3.37. The lowest BCUT2D eigenvalue weighted by molar-refractivity contribution is -0.137. The molecule has 92 valence electrons. The molecule has 2 aromatic heterocycles. The molecule has 0 saturated carbocycles. The second-order valence-corrected chi connectivity index (χ2v) is 5.55. The Hall–Kier alpha value is -0.920. The molecule has 0 bridgehead atoms. The Labute approximate surface area is 104 Å². The van der Waals surface area contributed by atoms with Crippen molar-refractivity contribution in [1.82, 2.24) is 4.98 Å². The largest absolute Gasteiger partial charge is 0.443 e. The van der Waals surface area contributed by atoms with Crippen LogP contribution in [0.1, 0.15) is 20.8 Å². The van der Waals surface area contributed by atoms with Crippen molar-refractivity contribution in [2.24, 2.45) is 5.73 Å². The zero-order valence-corrected chi connectivity index (χ0v) is 10.2. The van der Waals surface area contributed by atoms with Crippen molar-refractivity contribution in [3.05, 3.63) is 38.5 Å². The molecular formula is C10H9F3N2S2. The minimum atomic E-state index is -4.38. The fourth-order valence-electron chi connectivity index (χ4n) is 1.34. The Morgan fingerprint density at radius 2 is 2.18 bits per heavy atom. The van der Waals surface area contributed by atoms with E-state index >= 15 is 0 Å². The third-order valence-corrected chi connectivity index (χ3v) is 4.21. The summed E-state index contributed by atoms with van der Waals surface area (Å²) in [7, 11) is 0. The van der Waals surface area contributed by atoms with Gasteiger partial charge in [-0.25, -0.2) is 4.98 Å². The van der Waals surface area contributed by atoms with Gasteiger partial charge in [0.05, 0.1) is 0 Å². The van der Waals surface area contributed by atoms with Gasteiger partial charge in [-0.2, -0.15) is 13.2 Å². The van der Waals surface area contributed by atoms with Crippen LogP contribution in [0.5, 0.6) is 0 Å². The van der Waals surface area contributed by atoms with E-state index in [0.717, 1.165) is 4.88 Å². The Balaban J connectivity index is 2.10. The topological polar surface area (TPSA) is 38.9 Å². The maximum Gasteiger partial charge on any atom is 0.443 e. The average Bonchev–Trinajstić information content (AvgIpc) is 2.85. The Morgan fingerprint density at radius 3 is 2.71 bits per heavy atom. The first-order valence-corrected chi connectivity index (χ1v) is 6.47. The van der Waals surface area contributed by atoms with Crippen molar-refractivity contribution >= 4 is 22.7 Å². The molecule has 0 saturated heterocycles. The molecule has 1 atom stereocenters. The molecule has 2 rings (SSSR count). The second-order valence-electron chi connectivity index (χ2n) is 3.46. The highest BCUT2D eigenvalue weighted by molar-refractivity contribution is 7.11. The number of thiophene rings is 1. The van der Waals surface area contributed by atoms with Crippen molar-refractivity contribution in [2.75, 3.05) is 0 Å². The van der Waals surface area contributed by atoms with Crippen molar-refractivity contribution < 1.29 is 13.2 Å². The number of hydrogen-bond donors (Lipinski definition) is 1. The normalized spacial score (nSPS) is 13.9. The van der Waals surface area contributed by atoms with E-state index in [-0.39, 0.29) is 0 Å². The summed E-state index contributed by atoms with van der Waals surface area (Å²) in [5, 5.41) is 1.07. The van der Waals surface area contributed by atoms with Gasteiger partial charge in [-0.05, 0) is 11.4 Å². The minimum absolute atomic E-state index is 0.428. The molecule has 0 fully saturated rings. The number of hydrogen-bond acceptors (Lipinski definition) is 4. The standard InChI is InChI=1S/C10H9F3N2S2/c11-10(12,13)9-15-5-8(17-9)7(14)4-6-2-1-3-16-6/h1-3,5,7H,4,14H2. The monoisotopic (exact) mass is 278 g/mol. The maximum atomic E-state index is 12.4. The van der Waals surface area contributed by atoms with E-state index < -0.39 is 17.2 Å². The lowest BCUT2D eigenvalue weighted by Crippen LogP contribution is -2.11. The maximum absolute atomic E-state index is 12.4. The van der Waals surface area contributed by atoms with Crippen molar-refractivity contribution in [1.29, 1.82) is 0 Å². The predicted octanol–water partition coefficient (Wildman–Crippen LogP) is 3.47. The Morgan fingerprint density at radius 1 is 1.41 bits per heavy atom. The highest BCUT2D eigenvalue weighted by Crippen LogP contribution is 2.34. The SMILES string of the molecule is NC(Cc1cccs1)c1cnc(C(F)(F)F)s1. The third-order valence-electron chi connectivity index (χ3n) is 2.13. The Bertz CT molecular complexity index is 476. The number of nitrogens with two attached hydrogens (primary N) is 1. The molecule has 0 spiro atoms. The summed E-state index contributed by atoms with van der Waals surface area (Å²) in [6.07, 6.45) is -2.63. The first-order valence-electron chi connectivity index (χ1n) is 4.77. The van der Waals surface area contributed by atoms with E-state index in [1.165, 1.54) is 6.20 Å². The molecular weight excluding hydrogens is 269 g/mol. The van der Waals surface area contributed by atoms with Crippen LogP contribution in [0, 0.1) is 0 Å². The quantitative estimate of drug-likeness (QED) is 0.933. The summed E-state index contributed by atoms with van der Waals surface area (Å²) >= 11 is 2.15. The summed E-state index contributed by atoms with van der Waals surface area (Å²) < 4.78 is 37.1. The van der Waals surface area contributed by atoms with Gasteiger partial charge < -0.3 is 5.73 Å². The molecule has 2 heterocycles. The molecule has 0 aromatic carbocycles. The van der Waals surface area contributed by atoms with Gasteiger partial charge in [0.15, 0.2) is 5.01 Å². The number of nitrogens with zero attached hydrogens (tertiary/aromatic N) is 1. The van der Waals surface area contributed by atoms with Crippen LogP contribution in [0.25, 0.3) is 0 Å². The van der Waals surface area contributed by atoms with Crippen molar-refractivity contribution in [3.8, 4) is 0 Å². The van der Waals surface area contributed by atoms with Gasteiger partial charge in [0.1, 0.15) is 0 Å². The molecule has 0 aliphatic carbocycles. The zero-order valence-electron chi connectivity index (χ0n) is 8.57. The van der Waals surface area contributed by atoms with Crippen molar-refractivity contribution in [3.63, 3.8) is 0 Å². The van der Waals surface area contributed by atoms with Crippen LogP contribution < -0.4 is 5.73 Å². The van der Waals surface area contributed by atoms with E-state index in [9.17, 15) is 13.2 Å². The summed E-state index contributed by atoms with van der Waals surface area (Å²) in [5.74, 6) is 0. The number of aromatic nitrogens is 1.